The molecule has 0 unspecified atom stereocenters. The molecule has 0 aliphatic heterocycles. The molecule has 1 nitrogen and oxygen atoms in total. The van der Waals surface area contributed by atoms with E-state index in [1.54, 1.807) is 6.07 Å². The van der Waals surface area contributed by atoms with Crippen LogP contribution >= 0.6 is 0 Å². The van der Waals surface area contributed by atoms with Gasteiger partial charge in [-0.25, -0.2) is 4.39 Å². The smallest absolute Gasteiger partial charge is 0.140 e. The van der Waals surface area contributed by atoms with E-state index in [1.165, 1.54) is 44.6 Å². The Labute approximate surface area is 109 Å². The van der Waals surface area contributed by atoms with Gasteiger partial charge in [0.05, 0.1) is 5.56 Å². The molecule has 0 spiro atoms. The molecule has 1 fully saturated rings. The highest BCUT2D eigenvalue weighted by Crippen LogP contribution is 2.37. The van der Waals surface area contributed by atoms with Gasteiger partial charge >= 0.3 is 0 Å². The van der Waals surface area contributed by atoms with Crippen molar-refractivity contribution in [3.05, 3.63) is 35.1 Å². The molecular formula is C16H20FN. The molecule has 0 radical (unpaired) electrons. The maximum absolute atomic E-state index is 13.3. The number of hydrogen-bond donors (Lipinski definition) is 0. The Bertz CT molecular complexity index is 439. The lowest BCUT2D eigenvalue weighted by atomic mass is 9.77. The van der Waals surface area contributed by atoms with Gasteiger partial charge in [0, 0.05) is 0 Å². The van der Waals surface area contributed by atoms with Gasteiger partial charge in [-0.15, -0.1) is 0 Å². The molecule has 0 aromatic heterocycles. The van der Waals surface area contributed by atoms with Crippen molar-refractivity contribution in [3.8, 4) is 6.07 Å². The first-order valence-electron chi connectivity index (χ1n) is 6.94. The molecular weight excluding hydrogens is 225 g/mol. The van der Waals surface area contributed by atoms with E-state index in [-0.39, 0.29) is 5.56 Å². The molecule has 0 N–H and O–H groups in total. The zero-order valence-electron chi connectivity index (χ0n) is 11.0. The zero-order chi connectivity index (χ0) is 13.0. The number of rotatable bonds is 3. The van der Waals surface area contributed by atoms with E-state index in [4.69, 9.17) is 5.26 Å². The zero-order valence-corrected chi connectivity index (χ0v) is 11.0. The van der Waals surface area contributed by atoms with Crippen molar-refractivity contribution in [3.63, 3.8) is 0 Å². The summed E-state index contributed by atoms with van der Waals surface area (Å²) in [5, 5.41) is 8.86. The quantitative estimate of drug-likeness (QED) is 0.752. The number of halogens is 1. The van der Waals surface area contributed by atoms with Crippen molar-refractivity contribution in [2.75, 3.05) is 0 Å². The Hall–Kier alpha value is -1.36. The maximum atomic E-state index is 13.3. The summed E-state index contributed by atoms with van der Waals surface area (Å²) in [6.45, 7) is 2.24. The highest BCUT2D eigenvalue weighted by Gasteiger charge is 2.22. The number of benzene rings is 1. The minimum absolute atomic E-state index is 0.184. The Morgan fingerprint density at radius 2 is 2.00 bits per heavy atom. The highest BCUT2D eigenvalue weighted by atomic mass is 19.1. The van der Waals surface area contributed by atoms with Crippen LogP contribution in [-0.2, 0) is 0 Å². The molecule has 96 valence electrons. The van der Waals surface area contributed by atoms with Gasteiger partial charge in [-0.3, -0.25) is 0 Å². The average molecular weight is 245 g/mol. The van der Waals surface area contributed by atoms with E-state index >= 15 is 0 Å². The van der Waals surface area contributed by atoms with Crippen LogP contribution in [-0.4, -0.2) is 0 Å². The van der Waals surface area contributed by atoms with Gasteiger partial charge in [-0.1, -0.05) is 25.8 Å². The highest BCUT2D eigenvalue weighted by molar-refractivity contribution is 5.36. The fraction of sp³-hybridized carbons (Fsp3) is 0.562. The lowest BCUT2D eigenvalue weighted by Gasteiger charge is -2.28. The van der Waals surface area contributed by atoms with Crippen molar-refractivity contribution >= 4 is 0 Å². The molecule has 0 amide bonds. The molecule has 0 bridgehead atoms. The van der Waals surface area contributed by atoms with Crippen LogP contribution in [0.2, 0.25) is 0 Å². The summed E-state index contributed by atoms with van der Waals surface area (Å²) in [6.07, 6.45) is 7.52. The van der Waals surface area contributed by atoms with Crippen LogP contribution in [0.4, 0.5) is 4.39 Å². The van der Waals surface area contributed by atoms with Gasteiger partial charge in [0.1, 0.15) is 11.9 Å². The summed E-state index contributed by atoms with van der Waals surface area (Å²) < 4.78 is 13.3. The molecule has 1 aliphatic rings. The van der Waals surface area contributed by atoms with Crippen molar-refractivity contribution in [2.24, 2.45) is 5.92 Å². The monoisotopic (exact) mass is 245 g/mol. The first-order chi connectivity index (χ1) is 8.74. The summed E-state index contributed by atoms with van der Waals surface area (Å²) in [5.74, 6) is 0.994. The van der Waals surface area contributed by atoms with Gasteiger partial charge in [-0.2, -0.15) is 5.26 Å². The molecule has 1 saturated carbocycles. The molecule has 0 atom stereocenters. The first-order valence-corrected chi connectivity index (χ1v) is 6.94. The van der Waals surface area contributed by atoms with Crippen LogP contribution in [0, 0.1) is 23.1 Å². The van der Waals surface area contributed by atoms with Crippen LogP contribution in [0.1, 0.15) is 62.5 Å². The third-order valence-electron chi connectivity index (χ3n) is 4.13. The van der Waals surface area contributed by atoms with Crippen LogP contribution < -0.4 is 0 Å². The van der Waals surface area contributed by atoms with Gasteiger partial charge in [0.15, 0.2) is 0 Å². The number of nitriles is 1. The average Bonchev–Trinajstić information content (AvgIpc) is 2.41. The van der Waals surface area contributed by atoms with Crippen LogP contribution in [0.15, 0.2) is 18.2 Å². The van der Waals surface area contributed by atoms with E-state index in [1.807, 2.05) is 12.1 Å². The van der Waals surface area contributed by atoms with Crippen LogP contribution in [0.3, 0.4) is 0 Å². The fourth-order valence-electron chi connectivity index (χ4n) is 3.08. The minimum atomic E-state index is -0.402. The lowest BCUT2D eigenvalue weighted by Crippen LogP contribution is -2.13. The molecule has 18 heavy (non-hydrogen) atoms. The molecule has 1 aromatic rings. The molecule has 1 aromatic carbocycles. The lowest BCUT2D eigenvalue weighted by molar-refractivity contribution is 0.308. The van der Waals surface area contributed by atoms with Crippen LogP contribution in [0.25, 0.3) is 0 Å². The Balaban J connectivity index is 2.04. The molecule has 0 saturated heterocycles. The second-order valence-corrected chi connectivity index (χ2v) is 5.36. The molecule has 1 aliphatic carbocycles. The summed E-state index contributed by atoms with van der Waals surface area (Å²) in [6, 6.07) is 6.95. The molecule has 0 heterocycles. The summed E-state index contributed by atoms with van der Waals surface area (Å²) >= 11 is 0. The maximum Gasteiger partial charge on any atom is 0.140 e. The van der Waals surface area contributed by atoms with E-state index in [9.17, 15) is 4.39 Å². The van der Waals surface area contributed by atoms with Crippen LogP contribution in [0.5, 0.6) is 0 Å². The summed E-state index contributed by atoms with van der Waals surface area (Å²) in [7, 11) is 0. The van der Waals surface area contributed by atoms with Crippen molar-refractivity contribution in [2.45, 2.75) is 51.4 Å². The second-order valence-electron chi connectivity index (χ2n) is 5.36. The number of hydrogen-bond acceptors (Lipinski definition) is 1. The van der Waals surface area contributed by atoms with E-state index in [0.29, 0.717) is 5.92 Å². The third kappa shape index (κ3) is 2.90. The normalized spacial score (nSPS) is 23.6. The second kappa shape index (κ2) is 6.00. The Kier molecular flexibility index (Phi) is 4.36. The van der Waals surface area contributed by atoms with Gasteiger partial charge < -0.3 is 0 Å². The van der Waals surface area contributed by atoms with Gasteiger partial charge in [0.25, 0.3) is 0 Å². The molecule has 2 rings (SSSR count). The predicted molar refractivity (Wildman–Crippen MR) is 70.7 cm³/mol. The number of nitrogens with zero attached hydrogens (tertiary/aromatic N) is 1. The van der Waals surface area contributed by atoms with E-state index < -0.39 is 5.82 Å². The Morgan fingerprint density at radius 1 is 1.28 bits per heavy atom. The first kappa shape index (κ1) is 13.1. The summed E-state index contributed by atoms with van der Waals surface area (Å²) in [5.41, 5.74) is 1.33. The van der Waals surface area contributed by atoms with Crippen molar-refractivity contribution < 1.29 is 4.39 Å². The fourth-order valence-corrected chi connectivity index (χ4v) is 3.08. The SMILES string of the molecule is CCC[C@H]1CC[C@H](c2ccc(F)c(C#N)c2)CC1. The third-order valence-corrected chi connectivity index (χ3v) is 4.13. The van der Waals surface area contributed by atoms with Crippen molar-refractivity contribution in [1.29, 1.82) is 5.26 Å². The minimum Gasteiger partial charge on any atom is -0.206 e. The summed E-state index contributed by atoms with van der Waals surface area (Å²) in [4.78, 5) is 0. The van der Waals surface area contributed by atoms with Gasteiger partial charge in [-0.05, 0) is 55.2 Å². The largest absolute Gasteiger partial charge is 0.206 e. The van der Waals surface area contributed by atoms with E-state index in [0.717, 1.165) is 11.5 Å². The predicted octanol–water partition coefficient (Wildman–Crippen LogP) is 4.77. The molecule has 2 heteroatoms. The topological polar surface area (TPSA) is 23.8 Å². The Morgan fingerprint density at radius 3 is 2.61 bits per heavy atom. The van der Waals surface area contributed by atoms with Crippen molar-refractivity contribution in [1.82, 2.24) is 0 Å². The van der Waals surface area contributed by atoms with E-state index in [2.05, 4.69) is 6.92 Å². The van der Waals surface area contributed by atoms with Gasteiger partial charge in [0.2, 0.25) is 0 Å². The standard InChI is InChI=1S/C16H20FN/c1-2-3-12-4-6-13(7-5-12)14-8-9-16(17)15(10-14)11-18/h8-10,12-13H,2-7H2,1H3/t12-,13-.